The number of hydrogen-bond donors (Lipinski definition) is 0. The summed E-state index contributed by atoms with van der Waals surface area (Å²) in [6.07, 6.45) is -1.49. The van der Waals surface area contributed by atoms with Gasteiger partial charge in [0.05, 0.1) is 11.7 Å². The summed E-state index contributed by atoms with van der Waals surface area (Å²) in [4.78, 5) is 19.2. The van der Waals surface area contributed by atoms with Gasteiger partial charge in [0, 0.05) is 30.3 Å². The number of rotatable bonds is 4. The molecule has 1 aliphatic carbocycles. The molecule has 4 heterocycles. The van der Waals surface area contributed by atoms with Crippen LogP contribution in [0.5, 0.6) is 0 Å². The van der Waals surface area contributed by atoms with Crippen LogP contribution in [-0.2, 0) is 6.18 Å². The second-order valence-corrected chi connectivity index (χ2v) is 8.60. The van der Waals surface area contributed by atoms with E-state index < -0.39 is 17.8 Å². The maximum atomic E-state index is 13.6. The highest BCUT2D eigenvalue weighted by Gasteiger charge is 2.39. The number of likely N-dealkylation sites (tertiary alicyclic amines) is 1. The fourth-order valence-electron chi connectivity index (χ4n) is 4.07. The van der Waals surface area contributed by atoms with Gasteiger partial charge in [-0.25, -0.2) is 9.50 Å². The molecule has 164 valence electrons. The normalized spacial score (nSPS) is 19.7. The van der Waals surface area contributed by atoms with E-state index >= 15 is 0 Å². The molecule has 1 aliphatic heterocycles. The third kappa shape index (κ3) is 3.57. The smallest absolute Gasteiger partial charge is 0.359 e. The van der Waals surface area contributed by atoms with Gasteiger partial charge in [-0.1, -0.05) is 19.0 Å². The number of fused-ring (bicyclic) bond motifs is 1. The minimum Gasteiger partial charge on any atom is -0.359 e. The molecule has 0 N–H and O–H groups in total. The van der Waals surface area contributed by atoms with E-state index in [1.807, 2.05) is 19.9 Å². The van der Waals surface area contributed by atoms with Crippen LogP contribution in [0, 0.1) is 0 Å². The largest absolute Gasteiger partial charge is 0.433 e. The van der Waals surface area contributed by atoms with E-state index in [0.717, 1.165) is 35.5 Å². The van der Waals surface area contributed by atoms with Crippen LogP contribution in [0.15, 0.2) is 22.7 Å². The molecular formula is C21H22F3N5O2. The lowest BCUT2D eigenvalue weighted by Gasteiger charge is -2.21. The first-order valence-electron chi connectivity index (χ1n) is 10.5. The number of aromatic nitrogens is 4. The molecule has 0 spiro atoms. The Labute approximate surface area is 176 Å². The van der Waals surface area contributed by atoms with E-state index in [0.29, 0.717) is 24.4 Å². The van der Waals surface area contributed by atoms with Gasteiger partial charge in [-0.15, -0.1) is 0 Å². The van der Waals surface area contributed by atoms with Crippen molar-refractivity contribution in [3.8, 4) is 0 Å². The Balaban J connectivity index is 1.50. The van der Waals surface area contributed by atoms with Crippen LogP contribution in [0.25, 0.3) is 5.65 Å². The van der Waals surface area contributed by atoms with Crippen molar-refractivity contribution in [2.45, 2.75) is 63.6 Å². The van der Waals surface area contributed by atoms with E-state index in [1.54, 1.807) is 4.90 Å². The molecule has 7 nitrogen and oxygen atoms in total. The van der Waals surface area contributed by atoms with Gasteiger partial charge in [-0.3, -0.25) is 4.79 Å². The minimum atomic E-state index is -4.60. The second kappa shape index (κ2) is 7.06. The molecule has 31 heavy (non-hydrogen) atoms. The molecule has 5 rings (SSSR count). The first kappa shape index (κ1) is 20.0. The molecule has 2 fully saturated rings. The predicted octanol–water partition coefficient (Wildman–Crippen LogP) is 4.71. The Morgan fingerprint density at radius 2 is 1.97 bits per heavy atom. The molecule has 3 aromatic heterocycles. The summed E-state index contributed by atoms with van der Waals surface area (Å²) < 4.78 is 47.1. The van der Waals surface area contributed by atoms with Crippen LogP contribution >= 0.6 is 0 Å². The summed E-state index contributed by atoms with van der Waals surface area (Å²) in [6.45, 7) is 4.47. The van der Waals surface area contributed by atoms with Crippen molar-refractivity contribution >= 4 is 11.6 Å². The summed E-state index contributed by atoms with van der Waals surface area (Å²) in [7, 11) is 0. The molecule has 0 bridgehead atoms. The highest BCUT2D eigenvalue weighted by molar-refractivity contribution is 5.93. The number of alkyl halides is 3. The van der Waals surface area contributed by atoms with Crippen LogP contribution in [0.4, 0.5) is 13.2 Å². The lowest BCUT2D eigenvalue weighted by atomic mass is 10.1. The minimum absolute atomic E-state index is 0.0394. The molecule has 2 aliphatic rings. The number of carbonyl (C=O) groups is 1. The second-order valence-electron chi connectivity index (χ2n) is 8.60. The van der Waals surface area contributed by atoms with Gasteiger partial charge in [0.1, 0.15) is 5.69 Å². The van der Waals surface area contributed by atoms with Crippen molar-refractivity contribution in [3.63, 3.8) is 0 Å². The van der Waals surface area contributed by atoms with E-state index in [4.69, 9.17) is 4.52 Å². The van der Waals surface area contributed by atoms with Crippen molar-refractivity contribution in [3.05, 3.63) is 46.7 Å². The third-order valence-corrected chi connectivity index (χ3v) is 5.93. The summed E-state index contributed by atoms with van der Waals surface area (Å²) >= 11 is 0. The van der Waals surface area contributed by atoms with Crippen molar-refractivity contribution in [2.24, 2.45) is 0 Å². The molecule has 1 saturated carbocycles. The maximum Gasteiger partial charge on any atom is 0.433 e. The Hall–Kier alpha value is -2.91. The number of hydrogen-bond acceptors (Lipinski definition) is 5. The van der Waals surface area contributed by atoms with E-state index in [-0.39, 0.29) is 29.2 Å². The standard InChI is InChI=1S/C21H22F3N5O2/c1-11(2)13-8-17(31-27-13)16-4-3-7-28(16)20(30)15-10-19-25-14(12-5-6-12)9-18(21(22,23)24)29(19)26-15/h8-12,16H,3-7H2,1-2H3. The number of amides is 1. The Kier molecular flexibility index (Phi) is 4.56. The average molecular weight is 433 g/mol. The first-order chi connectivity index (χ1) is 14.7. The number of halogens is 3. The summed E-state index contributed by atoms with van der Waals surface area (Å²) in [5.74, 6) is 0.388. The van der Waals surface area contributed by atoms with Gasteiger partial charge in [-0.05, 0) is 37.7 Å². The molecule has 0 aromatic carbocycles. The van der Waals surface area contributed by atoms with Crippen molar-refractivity contribution in [2.75, 3.05) is 6.54 Å². The summed E-state index contributed by atoms with van der Waals surface area (Å²) in [6, 6.07) is 3.93. The van der Waals surface area contributed by atoms with Crippen LogP contribution in [0.3, 0.4) is 0 Å². The zero-order valence-electron chi connectivity index (χ0n) is 17.2. The predicted molar refractivity (Wildman–Crippen MR) is 104 cm³/mol. The molecule has 10 heteroatoms. The molecule has 1 atom stereocenters. The van der Waals surface area contributed by atoms with Gasteiger partial charge >= 0.3 is 6.18 Å². The number of carbonyl (C=O) groups excluding carboxylic acids is 1. The first-order valence-corrected chi connectivity index (χ1v) is 10.5. The molecular weight excluding hydrogens is 411 g/mol. The lowest BCUT2D eigenvalue weighted by Crippen LogP contribution is -2.30. The summed E-state index contributed by atoms with van der Waals surface area (Å²) in [5.41, 5.74) is 0.279. The van der Waals surface area contributed by atoms with Crippen molar-refractivity contribution < 1.29 is 22.5 Å². The molecule has 0 radical (unpaired) electrons. The van der Waals surface area contributed by atoms with Crippen LogP contribution < -0.4 is 0 Å². The quantitative estimate of drug-likeness (QED) is 0.595. The monoisotopic (exact) mass is 433 g/mol. The molecule has 3 aromatic rings. The summed E-state index contributed by atoms with van der Waals surface area (Å²) in [5, 5.41) is 8.07. The van der Waals surface area contributed by atoms with E-state index in [2.05, 4.69) is 15.2 Å². The van der Waals surface area contributed by atoms with E-state index in [1.165, 1.54) is 6.07 Å². The molecule has 1 saturated heterocycles. The highest BCUT2D eigenvalue weighted by Crippen LogP contribution is 2.41. The van der Waals surface area contributed by atoms with Crippen LogP contribution in [-0.4, -0.2) is 37.1 Å². The van der Waals surface area contributed by atoms with Gasteiger partial charge in [-0.2, -0.15) is 18.3 Å². The van der Waals surface area contributed by atoms with Crippen molar-refractivity contribution in [1.29, 1.82) is 0 Å². The average Bonchev–Trinajstić information content (AvgIpc) is 3.11. The zero-order chi connectivity index (χ0) is 21.9. The zero-order valence-corrected chi connectivity index (χ0v) is 17.2. The SMILES string of the molecule is CC(C)c1cc(C2CCCN2C(=O)c2cc3nc(C4CC4)cc(C(F)(F)F)n3n2)on1. The van der Waals surface area contributed by atoms with Gasteiger partial charge in [0.25, 0.3) is 5.91 Å². The van der Waals surface area contributed by atoms with Gasteiger partial charge in [0.2, 0.25) is 0 Å². The topological polar surface area (TPSA) is 76.5 Å². The lowest BCUT2D eigenvalue weighted by molar-refractivity contribution is -0.142. The Bertz CT molecular complexity index is 1150. The number of nitrogens with zero attached hydrogens (tertiary/aromatic N) is 5. The van der Waals surface area contributed by atoms with E-state index in [9.17, 15) is 18.0 Å². The van der Waals surface area contributed by atoms with Gasteiger partial charge in [0.15, 0.2) is 17.1 Å². The third-order valence-electron chi connectivity index (χ3n) is 5.93. The highest BCUT2D eigenvalue weighted by atomic mass is 19.4. The fourth-order valence-corrected chi connectivity index (χ4v) is 4.07. The van der Waals surface area contributed by atoms with Gasteiger partial charge < -0.3 is 9.42 Å². The van der Waals surface area contributed by atoms with Crippen LogP contribution in [0.1, 0.15) is 90.7 Å². The fraction of sp³-hybridized carbons (Fsp3) is 0.524. The maximum absolute atomic E-state index is 13.6. The Morgan fingerprint density at radius 3 is 2.61 bits per heavy atom. The molecule has 1 amide bonds. The van der Waals surface area contributed by atoms with Crippen LogP contribution in [0.2, 0.25) is 0 Å². The van der Waals surface area contributed by atoms with Crippen molar-refractivity contribution in [1.82, 2.24) is 24.7 Å². The Morgan fingerprint density at radius 1 is 1.19 bits per heavy atom. The molecule has 1 unspecified atom stereocenters.